The summed E-state index contributed by atoms with van der Waals surface area (Å²) >= 11 is 0. The van der Waals surface area contributed by atoms with Gasteiger partial charge in [-0.1, -0.05) is 12.1 Å². The van der Waals surface area contributed by atoms with Gasteiger partial charge in [-0.3, -0.25) is 4.57 Å². The number of halogens is 1. The Morgan fingerprint density at radius 3 is 2.68 bits per heavy atom. The molecule has 1 aromatic carbocycles. The Kier molecular flexibility index (Phi) is 2.79. The number of nitrogens with zero attached hydrogens (tertiary/aromatic N) is 3. The normalized spacial score (nSPS) is 11.2. The van der Waals surface area contributed by atoms with Crippen molar-refractivity contribution in [3.63, 3.8) is 0 Å². The molecule has 4 rings (SSSR count). The topological polar surface area (TPSA) is 43.9 Å². The number of imidazole rings is 1. The molecule has 0 spiro atoms. The first-order valence-electron chi connectivity index (χ1n) is 6.89. The largest absolute Gasteiger partial charge is 0.458 e. The van der Waals surface area contributed by atoms with E-state index in [1.807, 2.05) is 25.1 Å². The smallest absolute Gasteiger partial charge is 0.183 e. The lowest BCUT2D eigenvalue weighted by atomic mass is 10.3. The number of furan rings is 1. The molecule has 0 fully saturated rings. The second-order valence-corrected chi connectivity index (χ2v) is 4.98. The van der Waals surface area contributed by atoms with Crippen LogP contribution >= 0.6 is 0 Å². The van der Waals surface area contributed by atoms with Gasteiger partial charge in [0.1, 0.15) is 17.1 Å². The van der Waals surface area contributed by atoms with Gasteiger partial charge in [0.25, 0.3) is 0 Å². The van der Waals surface area contributed by atoms with Gasteiger partial charge < -0.3 is 4.42 Å². The van der Waals surface area contributed by atoms with Gasteiger partial charge in [-0.15, -0.1) is 0 Å². The number of aromatic nitrogens is 3. The summed E-state index contributed by atoms with van der Waals surface area (Å²) in [5.41, 5.74) is 1.68. The third kappa shape index (κ3) is 1.90. The fourth-order valence-corrected chi connectivity index (χ4v) is 2.49. The van der Waals surface area contributed by atoms with E-state index in [0.717, 1.165) is 5.76 Å². The fraction of sp³-hybridized carbons (Fsp3) is 0.0588. The molecular weight excluding hydrogens is 281 g/mol. The molecule has 4 nitrogen and oxygen atoms in total. The van der Waals surface area contributed by atoms with Crippen LogP contribution in [0.3, 0.4) is 0 Å². The number of hydrogen-bond donors (Lipinski definition) is 0. The van der Waals surface area contributed by atoms with E-state index < -0.39 is 0 Å². The second-order valence-electron chi connectivity index (χ2n) is 4.98. The van der Waals surface area contributed by atoms with Crippen molar-refractivity contribution in [3.05, 3.63) is 66.3 Å². The van der Waals surface area contributed by atoms with Gasteiger partial charge in [0.15, 0.2) is 17.2 Å². The zero-order valence-electron chi connectivity index (χ0n) is 11.8. The number of pyridine rings is 1. The first kappa shape index (κ1) is 12.8. The van der Waals surface area contributed by atoms with Crippen molar-refractivity contribution < 1.29 is 8.81 Å². The summed E-state index contributed by atoms with van der Waals surface area (Å²) in [4.78, 5) is 8.90. The molecule has 0 amide bonds. The molecule has 0 aliphatic rings. The van der Waals surface area contributed by atoms with Crippen molar-refractivity contribution in [1.29, 1.82) is 0 Å². The van der Waals surface area contributed by atoms with Crippen LogP contribution in [0.15, 0.2) is 59.1 Å². The van der Waals surface area contributed by atoms with Gasteiger partial charge in [-0.05, 0) is 43.3 Å². The maximum Gasteiger partial charge on any atom is 0.183 e. The summed E-state index contributed by atoms with van der Waals surface area (Å²) in [5, 5.41) is 0. The Bertz CT molecular complexity index is 971. The monoisotopic (exact) mass is 293 g/mol. The Labute approximate surface area is 125 Å². The van der Waals surface area contributed by atoms with Crippen LogP contribution in [0.25, 0.3) is 28.4 Å². The molecule has 4 aromatic rings. The van der Waals surface area contributed by atoms with E-state index in [2.05, 4.69) is 9.97 Å². The zero-order valence-corrected chi connectivity index (χ0v) is 11.8. The van der Waals surface area contributed by atoms with E-state index in [4.69, 9.17) is 4.42 Å². The second kappa shape index (κ2) is 4.80. The van der Waals surface area contributed by atoms with Crippen LogP contribution in [0.4, 0.5) is 4.39 Å². The van der Waals surface area contributed by atoms with Crippen molar-refractivity contribution in [1.82, 2.24) is 14.5 Å². The van der Waals surface area contributed by atoms with Gasteiger partial charge in [-0.2, -0.15) is 0 Å². The summed E-state index contributed by atoms with van der Waals surface area (Å²) in [7, 11) is 0. The van der Waals surface area contributed by atoms with Gasteiger partial charge in [0, 0.05) is 6.20 Å². The highest BCUT2D eigenvalue weighted by Gasteiger charge is 2.19. The first-order valence-corrected chi connectivity index (χ1v) is 6.89. The lowest BCUT2D eigenvalue weighted by molar-refractivity contribution is 0.542. The predicted molar refractivity (Wildman–Crippen MR) is 81.3 cm³/mol. The minimum absolute atomic E-state index is 0.336. The van der Waals surface area contributed by atoms with Gasteiger partial charge in [0.2, 0.25) is 0 Å². The molecule has 108 valence electrons. The molecule has 0 unspecified atom stereocenters. The van der Waals surface area contributed by atoms with Crippen molar-refractivity contribution in [2.24, 2.45) is 0 Å². The van der Waals surface area contributed by atoms with E-state index in [1.54, 1.807) is 35.0 Å². The van der Waals surface area contributed by atoms with Crippen LogP contribution in [-0.2, 0) is 0 Å². The van der Waals surface area contributed by atoms with Crippen LogP contribution in [0.1, 0.15) is 5.76 Å². The molecule has 22 heavy (non-hydrogen) atoms. The highest BCUT2D eigenvalue weighted by molar-refractivity contribution is 5.78. The van der Waals surface area contributed by atoms with Crippen LogP contribution in [-0.4, -0.2) is 14.5 Å². The number of fused-ring (bicyclic) bond motifs is 1. The maximum atomic E-state index is 14.3. The molecule has 0 N–H and O–H groups in total. The minimum Gasteiger partial charge on any atom is -0.458 e. The molecule has 0 atom stereocenters. The molecule has 3 heterocycles. The molecule has 3 aromatic heterocycles. The number of hydrogen-bond acceptors (Lipinski definition) is 3. The van der Waals surface area contributed by atoms with Gasteiger partial charge in [0.05, 0.1) is 5.69 Å². The lowest BCUT2D eigenvalue weighted by Crippen LogP contribution is -2.00. The third-order valence-electron chi connectivity index (χ3n) is 3.47. The van der Waals surface area contributed by atoms with Crippen molar-refractivity contribution in [3.8, 4) is 17.3 Å². The fourth-order valence-electron chi connectivity index (χ4n) is 2.49. The molecular formula is C17H12FN3O. The van der Waals surface area contributed by atoms with E-state index in [9.17, 15) is 4.39 Å². The van der Waals surface area contributed by atoms with Crippen LogP contribution < -0.4 is 0 Å². The van der Waals surface area contributed by atoms with Crippen molar-refractivity contribution in [2.75, 3.05) is 0 Å². The minimum atomic E-state index is -0.336. The highest BCUT2D eigenvalue weighted by atomic mass is 19.1. The summed E-state index contributed by atoms with van der Waals surface area (Å²) < 4.78 is 21.6. The zero-order chi connectivity index (χ0) is 15.1. The van der Waals surface area contributed by atoms with E-state index >= 15 is 0 Å². The standard InChI is InChI=1S/C17H12FN3O/c1-11-8-9-15(22-11)17-20-13-6-4-10-19-16(13)21(17)14-7-3-2-5-12(14)18/h2-10H,1H3. The van der Waals surface area contributed by atoms with Gasteiger partial charge >= 0.3 is 0 Å². The number of aryl methyl sites for hydroxylation is 1. The average Bonchev–Trinajstić information content (AvgIpc) is 3.11. The molecule has 0 saturated carbocycles. The molecule has 5 heteroatoms. The highest BCUT2D eigenvalue weighted by Crippen LogP contribution is 2.29. The molecule has 0 saturated heterocycles. The van der Waals surface area contributed by atoms with Gasteiger partial charge in [-0.25, -0.2) is 14.4 Å². The summed E-state index contributed by atoms with van der Waals surface area (Å²) in [5.74, 6) is 1.55. The Morgan fingerprint density at radius 2 is 1.91 bits per heavy atom. The average molecular weight is 293 g/mol. The predicted octanol–water partition coefficient (Wildman–Crippen LogP) is 4.13. The maximum absolute atomic E-state index is 14.3. The Balaban J connectivity index is 2.09. The number of para-hydroxylation sites is 1. The number of benzene rings is 1. The molecule has 0 radical (unpaired) electrons. The van der Waals surface area contributed by atoms with Crippen molar-refractivity contribution >= 4 is 11.2 Å². The SMILES string of the molecule is Cc1ccc(-c2nc3cccnc3n2-c2ccccc2F)o1. The van der Waals surface area contributed by atoms with Crippen LogP contribution in [0.5, 0.6) is 0 Å². The third-order valence-corrected chi connectivity index (χ3v) is 3.47. The van der Waals surface area contributed by atoms with Crippen LogP contribution in [0.2, 0.25) is 0 Å². The van der Waals surface area contributed by atoms with Crippen molar-refractivity contribution in [2.45, 2.75) is 6.92 Å². The van der Waals surface area contributed by atoms with E-state index in [0.29, 0.717) is 28.4 Å². The Morgan fingerprint density at radius 1 is 1.05 bits per heavy atom. The van der Waals surface area contributed by atoms with Crippen LogP contribution in [0, 0.1) is 12.7 Å². The lowest BCUT2D eigenvalue weighted by Gasteiger charge is -2.08. The molecule has 0 aliphatic heterocycles. The summed E-state index contributed by atoms with van der Waals surface area (Å²) in [6, 6.07) is 13.9. The summed E-state index contributed by atoms with van der Waals surface area (Å²) in [6.07, 6.45) is 1.67. The van der Waals surface area contributed by atoms with E-state index in [1.165, 1.54) is 6.07 Å². The Hall–Kier alpha value is -2.95. The first-order chi connectivity index (χ1) is 10.7. The van der Waals surface area contributed by atoms with E-state index in [-0.39, 0.29) is 5.82 Å². The molecule has 0 bridgehead atoms. The molecule has 0 aliphatic carbocycles. The summed E-state index contributed by atoms with van der Waals surface area (Å²) in [6.45, 7) is 1.86. The quantitative estimate of drug-likeness (QED) is 0.558. The number of rotatable bonds is 2.